The highest BCUT2D eigenvalue weighted by Gasteiger charge is 2.43. The van der Waals surface area contributed by atoms with Crippen LogP contribution in [-0.4, -0.2) is 41.0 Å². The van der Waals surface area contributed by atoms with Crippen molar-refractivity contribution in [1.82, 2.24) is 19.9 Å². The van der Waals surface area contributed by atoms with E-state index in [2.05, 4.69) is 124 Å². The topological polar surface area (TPSA) is 94.7 Å². The summed E-state index contributed by atoms with van der Waals surface area (Å²) < 4.78 is 0. The quantitative estimate of drug-likeness (QED) is 0.0555. The van der Waals surface area contributed by atoms with E-state index in [1.54, 1.807) is 6.07 Å². The second-order valence-corrected chi connectivity index (χ2v) is 26.5. The highest BCUT2D eigenvalue weighted by Crippen LogP contribution is 2.43. The molecule has 0 fully saturated rings. The fraction of sp³-hybridized carbons (Fsp3) is 0.450. The van der Waals surface area contributed by atoms with Gasteiger partial charge >= 0.3 is 0 Å². The van der Waals surface area contributed by atoms with Crippen molar-refractivity contribution < 1.29 is 4.92 Å². The number of rotatable bonds is 7. The number of nitrogens with zero attached hydrogens (tertiary/aromatic N) is 5. The molecule has 2 heterocycles. The van der Waals surface area contributed by atoms with Gasteiger partial charge in [0, 0.05) is 22.9 Å². The van der Waals surface area contributed by atoms with Crippen LogP contribution in [0.5, 0.6) is 0 Å². The summed E-state index contributed by atoms with van der Waals surface area (Å²) in [6.45, 7) is 27.8. The molecule has 0 aliphatic heterocycles. The van der Waals surface area contributed by atoms with Gasteiger partial charge in [-0.3, -0.25) is 10.1 Å². The maximum Gasteiger partial charge on any atom is 0.271 e. The van der Waals surface area contributed by atoms with Gasteiger partial charge in [-0.1, -0.05) is 119 Å². The molecule has 0 saturated heterocycles. The molecule has 0 saturated carbocycles. The molecule has 0 amide bonds. The number of nitro groups is 1. The fourth-order valence-corrected chi connectivity index (χ4v) is 19.0. The Morgan fingerprint density at radius 1 is 0.571 bits per heavy atom. The number of benzene rings is 3. The Morgan fingerprint density at radius 3 is 1.33 bits per heavy atom. The molecule has 0 aliphatic rings. The maximum absolute atomic E-state index is 11.6. The van der Waals surface area contributed by atoms with Crippen molar-refractivity contribution in [2.45, 2.75) is 116 Å². The van der Waals surface area contributed by atoms with Crippen molar-refractivity contribution >= 4 is 66.0 Å². The molecule has 0 unspecified atom stereocenters. The van der Waals surface area contributed by atoms with Crippen LogP contribution in [0.2, 0.25) is 33.2 Å². The predicted octanol–water partition coefficient (Wildman–Crippen LogP) is 10.9. The van der Waals surface area contributed by atoms with Crippen molar-refractivity contribution in [3.05, 3.63) is 63.7 Å². The van der Waals surface area contributed by atoms with Crippen LogP contribution in [0.1, 0.15) is 94.2 Å². The molecule has 0 radical (unpaired) electrons. The van der Waals surface area contributed by atoms with Gasteiger partial charge in [-0.2, -0.15) is 0 Å². The Kier molecular flexibility index (Phi) is 10.0. The van der Waals surface area contributed by atoms with Gasteiger partial charge in [0.05, 0.1) is 27.1 Å². The Bertz CT molecular complexity index is 2180. The Hall–Kier alpha value is -4.19. The summed E-state index contributed by atoms with van der Waals surface area (Å²) >= 11 is 0. The first kappa shape index (κ1) is 36.1. The molecule has 0 bridgehead atoms. The summed E-state index contributed by atoms with van der Waals surface area (Å²) in [6.07, 6.45) is 0. The van der Waals surface area contributed by atoms with Gasteiger partial charge in [0.1, 0.15) is 27.2 Å². The molecule has 7 nitrogen and oxygen atoms in total. The van der Waals surface area contributed by atoms with Crippen LogP contribution in [0.4, 0.5) is 5.69 Å². The number of non-ortho nitro benzene ring substituents is 1. The van der Waals surface area contributed by atoms with Crippen molar-refractivity contribution in [3.63, 3.8) is 0 Å². The minimum Gasteiger partial charge on any atom is -0.258 e. The number of fused-ring (bicyclic) bond motifs is 4. The molecule has 0 N–H and O–H groups in total. The summed E-state index contributed by atoms with van der Waals surface area (Å²) in [6, 6.07) is 12.8. The van der Waals surface area contributed by atoms with Crippen LogP contribution < -0.4 is 0 Å². The van der Waals surface area contributed by atoms with E-state index in [1.807, 2.05) is 6.07 Å². The summed E-state index contributed by atoms with van der Waals surface area (Å²) in [7, 11) is -4.20. The van der Waals surface area contributed by atoms with Crippen LogP contribution in [-0.2, 0) is 0 Å². The Labute approximate surface area is 292 Å². The number of hydrogen-bond donors (Lipinski definition) is 0. The van der Waals surface area contributed by atoms with Crippen molar-refractivity contribution in [2.24, 2.45) is 0 Å². The third-order valence-corrected chi connectivity index (χ3v) is 23.5. The molecule has 254 valence electrons. The lowest BCUT2D eigenvalue weighted by Gasteiger charge is -2.38. The number of nitro benzene ring substituents is 1. The second-order valence-electron chi connectivity index (χ2n) is 15.3. The van der Waals surface area contributed by atoms with Crippen molar-refractivity contribution in [1.29, 1.82) is 0 Å². The predicted molar refractivity (Wildman–Crippen MR) is 210 cm³/mol. The zero-order valence-electron chi connectivity index (χ0n) is 31.1. The lowest BCUT2D eigenvalue weighted by molar-refractivity contribution is -0.384. The molecule has 0 spiro atoms. The molecular formula is C40H49N5O2Si2. The van der Waals surface area contributed by atoms with Gasteiger partial charge in [0.25, 0.3) is 5.69 Å². The SMILES string of the molecule is CC(C)[Si](C#Cc1c2ccccc2c(C#C[Si](C(C)C)(C(C)C)C(C)C)c2nc3nc4cc([N+](=O)[O-])ccc4nc3nc12)(C(C)C)C(C)C. The zero-order valence-corrected chi connectivity index (χ0v) is 33.1. The molecule has 2 aromatic heterocycles. The van der Waals surface area contributed by atoms with Gasteiger partial charge < -0.3 is 0 Å². The first-order chi connectivity index (χ1) is 23.1. The normalized spacial score (nSPS) is 12.6. The Balaban J connectivity index is 1.98. The van der Waals surface area contributed by atoms with Crippen LogP contribution in [0.25, 0.3) is 44.1 Å². The molecule has 49 heavy (non-hydrogen) atoms. The standard InChI is InChI=1S/C40H49N5O2Si2/c1-24(2)48(25(3)4,26(5)6)21-19-33-31-15-13-14-16-32(31)34(20-22-49(27(7)8,28(9)10)29(11)12)38-37(33)43-39-40(44-38)42-36-23-30(45(46)47)17-18-35(36)41-39/h13-18,23-29H,1-12H3. The van der Waals surface area contributed by atoms with E-state index >= 15 is 0 Å². The summed E-state index contributed by atoms with van der Waals surface area (Å²) in [5.74, 6) is 7.47. The van der Waals surface area contributed by atoms with E-state index in [1.165, 1.54) is 12.1 Å². The molecule has 0 aliphatic carbocycles. The number of aromatic nitrogens is 4. The molecule has 5 aromatic rings. The minimum absolute atomic E-state index is 0.0459. The Morgan fingerprint density at radius 2 is 0.959 bits per heavy atom. The van der Waals surface area contributed by atoms with Crippen LogP contribution in [0.15, 0.2) is 42.5 Å². The van der Waals surface area contributed by atoms with Crippen LogP contribution >= 0.6 is 0 Å². The van der Waals surface area contributed by atoms with Gasteiger partial charge in [-0.15, -0.1) is 11.1 Å². The first-order valence-corrected chi connectivity index (χ1v) is 22.1. The first-order valence-electron chi connectivity index (χ1n) is 17.6. The lowest BCUT2D eigenvalue weighted by atomic mass is 9.97. The fourth-order valence-electron chi connectivity index (χ4n) is 8.59. The zero-order chi connectivity index (χ0) is 36.0. The van der Waals surface area contributed by atoms with Gasteiger partial charge in [-0.25, -0.2) is 19.9 Å². The van der Waals surface area contributed by atoms with E-state index in [0.29, 0.717) is 66.6 Å². The van der Waals surface area contributed by atoms with E-state index in [9.17, 15) is 10.1 Å². The summed E-state index contributed by atoms with van der Waals surface area (Å²) in [5.41, 5.74) is 15.2. The van der Waals surface area contributed by atoms with Gasteiger partial charge in [0.15, 0.2) is 11.3 Å². The highest BCUT2D eigenvalue weighted by atomic mass is 28.3. The second kappa shape index (κ2) is 13.6. The van der Waals surface area contributed by atoms with Crippen molar-refractivity contribution in [3.8, 4) is 22.9 Å². The van der Waals surface area contributed by atoms with Gasteiger partial charge in [0.2, 0.25) is 0 Å². The molecule has 3 aromatic carbocycles. The molecule has 9 heteroatoms. The van der Waals surface area contributed by atoms with Gasteiger partial charge in [-0.05, 0) is 39.3 Å². The lowest BCUT2D eigenvalue weighted by Crippen LogP contribution is -2.43. The average molecular weight is 688 g/mol. The third kappa shape index (κ3) is 6.13. The summed E-state index contributed by atoms with van der Waals surface area (Å²) in [4.78, 5) is 31.0. The maximum atomic E-state index is 11.6. The third-order valence-electron chi connectivity index (χ3n) is 11.0. The molecule has 0 atom stereocenters. The van der Waals surface area contributed by atoms with Crippen LogP contribution in [0, 0.1) is 33.0 Å². The largest absolute Gasteiger partial charge is 0.271 e. The highest BCUT2D eigenvalue weighted by molar-refractivity contribution is 6.91. The average Bonchev–Trinajstić information content (AvgIpc) is 3.02. The van der Waals surface area contributed by atoms with E-state index in [0.717, 1.165) is 21.9 Å². The van der Waals surface area contributed by atoms with E-state index in [-0.39, 0.29) is 5.69 Å². The van der Waals surface area contributed by atoms with Crippen molar-refractivity contribution in [2.75, 3.05) is 0 Å². The van der Waals surface area contributed by atoms with E-state index < -0.39 is 21.1 Å². The molecule has 5 rings (SSSR count). The number of hydrogen-bond acceptors (Lipinski definition) is 6. The monoisotopic (exact) mass is 687 g/mol. The van der Waals surface area contributed by atoms with E-state index in [4.69, 9.17) is 19.9 Å². The molecular weight excluding hydrogens is 639 g/mol. The van der Waals surface area contributed by atoms with Crippen LogP contribution in [0.3, 0.4) is 0 Å². The minimum atomic E-state index is -2.11. The summed E-state index contributed by atoms with van der Waals surface area (Å²) in [5, 5.41) is 13.6. The smallest absolute Gasteiger partial charge is 0.258 e.